The van der Waals surface area contributed by atoms with Gasteiger partial charge in [0.25, 0.3) is 0 Å². The maximum absolute atomic E-state index is 5.54. The van der Waals surface area contributed by atoms with Crippen molar-refractivity contribution in [2.24, 2.45) is 4.99 Å². The van der Waals surface area contributed by atoms with Crippen LogP contribution in [0.25, 0.3) is 0 Å². The molecule has 2 N–H and O–H groups in total. The molecule has 0 saturated carbocycles. The quantitative estimate of drug-likeness (QED) is 0.474. The monoisotopic (exact) mass is 285 g/mol. The third-order valence-corrected chi connectivity index (χ3v) is 2.68. The predicted octanol–water partition coefficient (Wildman–Crippen LogP) is 1.22. The molecule has 21 heavy (non-hydrogen) atoms. The Kier molecular flexibility index (Phi) is 6.00. The van der Waals surface area contributed by atoms with Crippen LogP contribution in [0.2, 0.25) is 0 Å². The van der Waals surface area contributed by atoms with Gasteiger partial charge in [0.2, 0.25) is 0 Å². The highest BCUT2D eigenvalue weighted by molar-refractivity contribution is 5.79. The highest BCUT2D eigenvalue weighted by Crippen LogP contribution is 2.04. The first kappa shape index (κ1) is 14.8. The minimum absolute atomic E-state index is 0.538. The zero-order valence-electron chi connectivity index (χ0n) is 12.0. The van der Waals surface area contributed by atoms with Crippen molar-refractivity contribution in [1.29, 1.82) is 0 Å². The summed E-state index contributed by atoms with van der Waals surface area (Å²) in [7, 11) is 1.73. The zero-order chi connectivity index (χ0) is 14.8. The van der Waals surface area contributed by atoms with E-state index in [9.17, 15) is 0 Å². The van der Waals surface area contributed by atoms with E-state index in [0.717, 1.165) is 17.4 Å². The summed E-state index contributed by atoms with van der Waals surface area (Å²) >= 11 is 0. The Morgan fingerprint density at radius 3 is 2.86 bits per heavy atom. The van der Waals surface area contributed by atoms with Crippen molar-refractivity contribution in [2.45, 2.75) is 6.54 Å². The molecule has 0 amide bonds. The van der Waals surface area contributed by atoms with Crippen molar-refractivity contribution in [3.63, 3.8) is 0 Å². The molecule has 110 valence electrons. The number of nitrogens with one attached hydrogen (secondary N) is 2. The number of ether oxygens (including phenoxy) is 1. The molecule has 0 radical (unpaired) electrons. The number of rotatable bonds is 6. The molecule has 0 aliphatic rings. The molecule has 0 aliphatic carbocycles. The summed E-state index contributed by atoms with van der Waals surface area (Å²) in [5.41, 5.74) is 0.965. The van der Waals surface area contributed by atoms with Crippen molar-refractivity contribution in [3.8, 4) is 5.75 Å². The first-order chi connectivity index (χ1) is 10.4. The van der Waals surface area contributed by atoms with Gasteiger partial charge in [-0.25, -0.2) is 0 Å². The van der Waals surface area contributed by atoms with Crippen molar-refractivity contribution in [2.75, 3.05) is 20.2 Å². The second-order valence-electron chi connectivity index (χ2n) is 4.21. The van der Waals surface area contributed by atoms with E-state index in [1.165, 1.54) is 0 Å². The maximum atomic E-state index is 5.54. The van der Waals surface area contributed by atoms with Crippen LogP contribution in [-0.4, -0.2) is 36.1 Å². The van der Waals surface area contributed by atoms with Crippen molar-refractivity contribution in [3.05, 3.63) is 54.6 Å². The summed E-state index contributed by atoms with van der Waals surface area (Å²) in [5, 5.41) is 6.37. The van der Waals surface area contributed by atoms with E-state index in [4.69, 9.17) is 4.74 Å². The Morgan fingerprint density at radius 1 is 1.19 bits per heavy atom. The molecule has 2 aromatic rings. The van der Waals surface area contributed by atoms with Gasteiger partial charge in [0.15, 0.2) is 5.96 Å². The normalized spacial score (nSPS) is 11.0. The smallest absolute Gasteiger partial charge is 0.191 e. The van der Waals surface area contributed by atoms with Gasteiger partial charge in [0.1, 0.15) is 12.4 Å². The van der Waals surface area contributed by atoms with E-state index >= 15 is 0 Å². The van der Waals surface area contributed by atoms with E-state index < -0.39 is 0 Å². The Morgan fingerprint density at radius 2 is 2.14 bits per heavy atom. The third kappa shape index (κ3) is 5.48. The molecule has 0 bridgehead atoms. The van der Waals surface area contributed by atoms with E-state index in [2.05, 4.69) is 25.6 Å². The molecule has 2 heterocycles. The Hall–Kier alpha value is -2.63. The molecule has 6 heteroatoms. The third-order valence-electron chi connectivity index (χ3n) is 2.68. The number of nitrogens with zero attached hydrogens (tertiary/aromatic N) is 3. The van der Waals surface area contributed by atoms with Gasteiger partial charge in [-0.1, -0.05) is 6.07 Å². The number of pyridine rings is 2. The minimum Gasteiger partial charge on any atom is -0.490 e. The van der Waals surface area contributed by atoms with Crippen molar-refractivity contribution < 1.29 is 4.74 Å². The van der Waals surface area contributed by atoms with Crippen LogP contribution in [0.5, 0.6) is 5.75 Å². The van der Waals surface area contributed by atoms with E-state index in [1.54, 1.807) is 25.6 Å². The molecule has 0 atom stereocenters. The molecule has 2 aromatic heterocycles. The molecule has 2 rings (SSSR count). The standard InChI is InChI=1S/C15H19N5O/c1-16-15(20-11-13-5-2-3-8-18-13)19-9-10-21-14-6-4-7-17-12-14/h2-8,12H,9-11H2,1H3,(H2,16,19,20). The highest BCUT2D eigenvalue weighted by atomic mass is 16.5. The van der Waals surface area contributed by atoms with Gasteiger partial charge < -0.3 is 15.4 Å². The summed E-state index contributed by atoms with van der Waals surface area (Å²) in [6, 6.07) is 9.54. The summed E-state index contributed by atoms with van der Waals surface area (Å²) in [4.78, 5) is 12.4. The fourth-order valence-electron chi connectivity index (χ4n) is 1.67. The second kappa shape index (κ2) is 8.52. The van der Waals surface area contributed by atoms with Crippen LogP contribution < -0.4 is 15.4 Å². The minimum atomic E-state index is 0.538. The van der Waals surface area contributed by atoms with Gasteiger partial charge in [-0.15, -0.1) is 0 Å². The van der Waals surface area contributed by atoms with E-state index in [1.807, 2.05) is 30.3 Å². The average Bonchev–Trinajstić information content (AvgIpc) is 2.56. The van der Waals surface area contributed by atoms with Gasteiger partial charge in [-0.3, -0.25) is 15.0 Å². The van der Waals surface area contributed by atoms with Gasteiger partial charge in [-0.2, -0.15) is 0 Å². The van der Waals surface area contributed by atoms with Crippen LogP contribution in [0.4, 0.5) is 0 Å². The van der Waals surface area contributed by atoms with Crippen LogP contribution in [0, 0.1) is 0 Å². The number of aromatic nitrogens is 2. The van der Waals surface area contributed by atoms with Crippen LogP contribution in [0.15, 0.2) is 53.9 Å². The first-order valence-electron chi connectivity index (χ1n) is 6.76. The highest BCUT2D eigenvalue weighted by Gasteiger charge is 1.98. The van der Waals surface area contributed by atoms with Crippen LogP contribution in [0.1, 0.15) is 5.69 Å². The SMILES string of the molecule is CN=C(NCCOc1cccnc1)NCc1ccccn1. The van der Waals surface area contributed by atoms with Crippen molar-refractivity contribution >= 4 is 5.96 Å². The molecule has 0 spiro atoms. The molecule has 0 unspecified atom stereocenters. The van der Waals surface area contributed by atoms with Gasteiger partial charge in [0.05, 0.1) is 25.0 Å². The van der Waals surface area contributed by atoms with Crippen LogP contribution >= 0.6 is 0 Å². The largest absolute Gasteiger partial charge is 0.490 e. The van der Waals surface area contributed by atoms with E-state index in [0.29, 0.717) is 19.7 Å². The number of guanidine groups is 1. The predicted molar refractivity (Wildman–Crippen MR) is 82.2 cm³/mol. The Labute approximate surface area is 124 Å². The lowest BCUT2D eigenvalue weighted by atomic mass is 10.3. The Balaban J connectivity index is 1.66. The molecule has 0 saturated heterocycles. The summed E-state index contributed by atoms with van der Waals surface area (Å²) in [5.74, 6) is 1.48. The number of hydrogen-bond acceptors (Lipinski definition) is 4. The van der Waals surface area contributed by atoms with Crippen LogP contribution in [0.3, 0.4) is 0 Å². The van der Waals surface area contributed by atoms with Gasteiger partial charge in [0, 0.05) is 19.4 Å². The summed E-state index contributed by atoms with van der Waals surface area (Å²) in [6.45, 7) is 1.82. The van der Waals surface area contributed by atoms with E-state index in [-0.39, 0.29) is 0 Å². The Bertz CT molecular complexity index is 545. The lowest BCUT2D eigenvalue weighted by Gasteiger charge is -2.12. The second-order valence-corrected chi connectivity index (χ2v) is 4.21. The average molecular weight is 285 g/mol. The lowest BCUT2D eigenvalue weighted by Crippen LogP contribution is -2.39. The molecule has 0 aromatic carbocycles. The fourth-order valence-corrected chi connectivity index (χ4v) is 1.67. The van der Waals surface area contributed by atoms with Crippen LogP contribution in [-0.2, 0) is 6.54 Å². The molecular weight excluding hydrogens is 266 g/mol. The molecule has 0 fully saturated rings. The first-order valence-corrected chi connectivity index (χ1v) is 6.76. The number of hydrogen-bond donors (Lipinski definition) is 2. The van der Waals surface area contributed by atoms with Gasteiger partial charge >= 0.3 is 0 Å². The molecule has 0 aliphatic heterocycles. The van der Waals surface area contributed by atoms with Crippen molar-refractivity contribution in [1.82, 2.24) is 20.6 Å². The topological polar surface area (TPSA) is 71.4 Å². The molecular formula is C15H19N5O. The molecule has 6 nitrogen and oxygen atoms in total. The van der Waals surface area contributed by atoms with Gasteiger partial charge in [-0.05, 0) is 24.3 Å². The zero-order valence-corrected chi connectivity index (χ0v) is 12.0. The maximum Gasteiger partial charge on any atom is 0.191 e. The lowest BCUT2D eigenvalue weighted by molar-refractivity contribution is 0.320. The number of aliphatic imine (C=N–C) groups is 1. The fraction of sp³-hybridized carbons (Fsp3) is 0.267. The summed E-state index contributed by atoms with van der Waals surface area (Å²) in [6.07, 6.45) is 5.18. The summed E-state index contributed by atoms with van der Waals surface area (Å²) < 4.78 is 5.54.